The average Bonchev–Trinajstić information content (AvgIpc) is 2.16. The lowest BCUT2D eigenvalue weighted by Gasteiger charge is -2.30. The lowest BCUT2D eigenvalue weighted by atomic mass is 9.99. The molecule has 1 nitrogen and oxygen atoms in total. The summed E-state index contributed by atoms with van der Waals surface area (Å²) >= 11 is 3.54. The molecule has 0 bridgehead atoms. The summed E-state index contributed by atoms with van der Waals surface area (Å²) in [5.74, 6) is 0.763. The summed E-state index contributed by atoms with van der Waals surface area (Å²) in [6.45, 7) is 8.12. The molecule has 0 atom stereocenters. The van der Waals surface area contributed by atoms with Gasteiger partial charge in [-0.25, -0.2) is 0 Å². The van der Waals surface area contributed by atoms with Crippen molar-refractivity contribution >= 4 is 15.9 Å². The maximum atomic E-state index is 3.54. The highest BCUT2D eigenvalue weighted by Crippen LogP contribution is 2.23. The zero-order valence-corrected chi connectivity index (χ0v) is 11.0. The molecule has 0 radical (unpaired) electrons. The number of nitrogens with zero attached hydrogens (tertiary/aromatic N) is 1. The van der Waals surface area contributed by atoms with Crippen molar-refractivity contribution in [1.29, 1.82) is 0 Å². The molecule has 2 heteroatoms. The molecule has 0 saturated carbocycles. The van der Waals surface area contributed by atoms with Gasteiger partial charge < -0.3 is 0 Å². The lowest BCUT2D eigenvalue weighted by molar-refractivity contribution is 0.226. The molecule has 1 heterocycles. The molecule has 1 aromatic rings. The summed E-state index contributed by atoms with van der Waals surface area (Å²) in [4.78, 5) is 2.55. The summed E-state index contributed by atoms with van der Waals surface area (Å²) in [7, 11) is 0. The van der Waals surface area contributed by atoms with E-state index in [4.69, 9.17) is 0 Å². The maximum absolute atomic E-state index is 3.54. The Morgan fingerprint density at radius 3 is 2.87 bits per heavy atom. The van der Waals surface area contributed by atoms with Crippen LogP contribution in [0.5, 0.6) is 0 Å². The van der Waals surface area contributed by atoms with Gasteiger partial charge in [-0.1, -0.05) is 35.8 Å². The fraction of sp³-hybridized carbons (Fsp3) is 0.538. The Kier molecular flexibility index (Phi) is 3.47. The van der Waals surface area contributed by atoms with Crippen LogP contribution in [0.2, 0.25) is 0 Å². The van der Waals surface area contributed by atoms with Crippen LogP contribution < -0.4 is 0 Å². The SMILES string of the molecule is CC(C)CN1CCc2ccc(Br)cc2C1. The van der Waals surface area contributed by atoms with Crippen LogP contribution >= 0.6 is 15.9 Å². The molecule has 1 aliphatic rings. The highest BCUT2D eigenvalue weighted by atomic mass is 79.9. The highest BCUT2D eigenvalue weighted by Gasteiger charge is 2.16. The van der Waals surface area contributed by atoms with E-state index >= 15 is 0 Å². The van der Waals surface area contributed by atoms with Gasteiger partial charge in [-0.2, -0.15) is 0 Å². The van der Waals surface area contributed by atoms with Crippen molar-refractivity contribution in [2.45, 2.75) is 26.8 Å². The van der Waals surface area contributed by atoms with Crippen LogP contribution in [0, 0.1) is 5.92 Å². The zero-order valence-electron chi connectivity index (χ0n) is 9.46. The minimum absolute atomic E-state index is 0.763. The van der Waals surface area contributed by atoms with Crippen molar-refractivity contribution in [1.82, 2.24) is 4.90 Å². The Bertz CT molecular complexity index is 346. The highest BCUT2D eigenvalue weighted by molar-refractivity contribution is 9.10. The average molecular weight is 268 g/mol. The molecule has 82 valence electrons. The third-order valence-electron chi connectivity index (χ3n) is 2.88. The zero-order chi connectivity index (χ0) is 10.8. The normalized spacial score (nSPS) is 16.8. The van der Waals surface area contributed by atoms with Gasteiger partial charge in [0.2, 0.25) is 0 Å². The van der Waals surface area contributed by atoms with Gasteiger partial charge in [-0.05, 0) is 35.6 Å². The first-order valence-electron chi connectivity index (χ1n) is 5.65. The summed E-state index contributed by atoms with van der Waals surface area (Å²) in [5.41, 5.74) is 3.02. The van der Waals surface area contributed by atoms with Crippen molar-refractivity contribution in [3.05, 3.63) is 33.8 Å². The number of halogens is 1. The largest absolute Gasteiger partial charge is 0.298 e. The number of benzene rings is 1. The summed E-state index contributed by atoms with van der Waals surface area (Å²) < 4.78 is 1.20. The van der Waals surface area contributed by atoms with Crippen molar-refractivity contribution in [2.24, 2.45) is 5.92 Å². The second kappa shape index (κ2) is 4.67. The van der Waals surface area contributed by atoms with E-state index in [-0.39, 0.29) is 0 Å². The van der Waals surface area contributed by atoms with Gasteiger partial charge in [0, 0.05) is 24.1 Å². The third-order valence-corrected chi connectivity index (χ3v) is 3.38. The van der Waals surface area contributed by atoms with E-state index in [0.29, 0.717) is 0 Å². The molecule has 15 heavy (non-hydrogen) atoms. The van der Waals surface area contributed by atoms with Crippen molar-refractivity contribution in [3.8, 4) is 0 Å². The van der Waals surface area contributed by atoms with E-state index in [2.05, 4.69) is 52.9 Å². The Hall–Kier alpha value is -0.340. The molecule has 0 spiro atoms. The van der Waals surface area contributed by atoms with E-state index in [1.54, 1.807) is 0 Å². The number of fused-ring (bicyclic) bond motifs is 1. The first-order chi connectivity index (χ1) is 7.15. The molecule has 0 N–H and O–H groups in total. The summed E-state index contributed by atoms with van der Waals surface area (Å²) in [6.07, 6.45) is 1.20. The lowest BCUT2D eigenvalue weighted by Crippen LogP contribution is -2.33. The molecule has 0 amide bonds. The van der Waals surface area contributed by atoms with Gasteiger partial charge in [0.15, 0.2) is 0 Å². The summed E-state index contributed by atoms with van der Waals surface area (Å²) in [6, 6.07) is 6.67. The molecule has 0 saturated heterocycles. The van der Waals surface area contributed by atoms with Gasteiger partial charge in [0.1, 0.15) is 0 Å². The second-order valence-corrected chi connectivity index (χ2v) is 5.71. The van der Waals surface area contributed by atoms with Gasteiger partial charge >= 0.3 is 0 Å². The van der Waals surface area contributed by atoms with Crippen molar-refractivity contribution in [2.75, 3.05) is 13.1 Å². The quantitative estimate of drug-likeness (QED) is 0.794. The molecular formula is C13H18BrN. The first-order valence-corrected chi connectivity index (χ1v) is 6.44. The maximum Gasteiger partial charge on any atom is 0.0237 e. The van der Waals surface area contributed by atoms with Gasteiger partial charge in [0.05, 0.1) is 0 Å². The van der Waals surface area contributed by atoms with E-state index in [1.165, 1.54) is 35.1 Å². The van der Waals surface area contributed by atoms with Crippen molar-refractivity contribution < 1.29 is 0 Å². The van der Waals surface area contributed by atoms with Crippen LogP contribution in [0.15, 0.2) is 22.7 Å². The Balaban J connectivity index is 2.11. The third kappa shape index (κ3) is 2.82. The van der Waals surface area contributed by atoms with E-state index in [9.17, 15) is 0 Å². The monoisotopic (exact) mass is 267 g/mol. The molecular weight excluding hydrogens is 250 g/mol. The van der Waals surface area contributed by atoms with Crippen LogP contribution in [0.4, 0.5) is 0 Å². The van der Waals surface area contributed by atoms with Crippen LogP contribution in [-0.2, 0) is 13.0 Å². The summed E-state index contributed by atoms with van der Waals surface area (Å²) in [5, 5.41) is 0. The predicted octanol–water partition coefficient (Wildman–Crippen LogP) is 3.46. The topological polar surface area (TPSA) is 3.24 Å². The Morgan fingerprint density at radius 1 is 1.33 bits per heavy atom. The minimum Gasteiger partial charge on any atom is -0.298 e. The fourth-order valence-electron chi connectivity index (χ4n) is 2.26. The second-order valence-electron chi connectivity index (χ2n) is 4.79. The predicted molar refractivity (Wildman–Crippen MR) is 68.0 cm³/mol. The molecule has 0 fully saturated rings. The van der Waals surface area contributed by atoms with Crippen LogP contribution in [-0.4, -0.2) is 18.0 Å². The molecule has 0 aromatic heterocycles. The molecule has 0 aliphatic carbocycles. The number of rotatable bonds is 2. The molecule has 1 aliphatic heterocycles. The van der Waals surface area contributed by atoms with E-state index in [1.807, 2.05) is 0 Å². The van der Waals surface area contributed by atoms with Crippen molar-refractivity contribution in [3.63, 3.8) is 0 Å². The van der Waals surface area contributed by atoms with Gasteiger partial charge in [0.25, 0.3) is 0 Å². The van der Waals surface area contributed by atoms with Gasteiger partial charge in [-0.3, -0.25) is 4.90 Å². The van der Waals surface area contributed by atoms with Crippen LogP contribution in [0.25, 0.3) is 0 Å². The van der Waals surface area contributed by atoms with Gasteiger partial charge in [-0.15, -0.1) is 0 Å². The fourth-order valence-corrected chi connectivity index (χ4v) is 2.66. The first kappa shape index (κ1) is 11.2. The van der Waals surface area contributed by atoms with Crippen LogP contribution in [0.3, 0.4) is 0 Å². The van der Waals surface area contributed by atoms with E-state index in [0.717, 1.165) is 12.5 Å². The minimum atomic E-state index is 0.763. The number of hydrogen-bond donors (Lipinski definition) is 0. The smallest absolute Gasteiger partial charge is 0.0237 e. The Labute approximate surface area is 101 Å². The molecule has 2 rings (SSSR count). The molecule has 0 unspecified atom stereocenters. The van der Waals surface area contributed by atoms with Crippen LogP contribution in [0.1, 0.15) is 25.0 Å². The van der Waals surface area contributed by atoms with E-state index < -0.39 is 0 Å². The number of hydrogen-bond acceptors (Lipinski definition) is 1. The molecule has 1 aromatic carbocycles. The standard InChI is InChI=1S/C13H18BrN/c1-10(2)8-15-6-5-11-3-4-13(14)7-12(11)9-15/h3-4,7,10H,5-6,8-9H2,1-2H3. The Morgan fingerprint density at radius 2 is 2.13 bits per heavy atom.